The van der Waals surface area contributed by atoms with Crippen LogP contribution in [0.15, 0.2) is 12.1 Å². The minimum atomic E-state index is -8.43. The molecule has 0 radical (unpaired) electrons. The van der Waals surface area contributed by atoms with E-state index >= 15 is 0 Å². The van der Waals surface area contributed by atoms with Gasteiger partial charge < -0.3 is 5.11 Å². The molecule has 0 fully saturated rings. The Labute approximate surface area is 244 Å². The van der Waals surface area contributed by atoms with E-state index in [0.29, 0.717) is 0 Å². The highest BCUT2D eigenvalue weighted by atomic mass is 19.4. The van der Waals surface area contributed by atoms with Gasteiger partial charge in [0.2, 0.25) is 0 Å². The van der Waals surface area contributed by atoms with Crippen LogP contribution in [0.2, 0.25) is 0 Å². The van der Waals surface area contributed by atoms with Gasteiger partial charge in [0, 0.05) is 16.7 Å². The Bertz CT molecular complexity index is 1270. The Kier molecular flexibility index (Phi) is 10.1. The zero-order valence-corrected chi connectivity index (χ0v) is 21.4. The van der Waals surface area contributed by atoms with Gasteiger partial charge in [-0.3, -0.25) is 0 Å². The van der Waals surface area contributed by atoms with Crippen LogP contribution in [0, 0.1) is 0 Å². The van der Waals surface area contributed by atoms with Crippen molar-refractivity contribution in [2.45, 2.75) is 84.9 Å². The van der Waals surface area contributed by atoms with Gasteiger partial charge in [-0.1, -0.05) is 0 Å². The third-order valence-corrected chi connectivity index (χ3v) is 6.07. The Morgan fingerprint density at radius 3 is 0.771 bits per heavy atom. The summed E-state index contributed by atoms with van der Waals surface area (Å²) in [7, 11) is 0. The number of hydrogen-bond donors (Lipinski definition) is 1. The van der Waals surface area contributed by atoms with Gasteiger partial charge in [-0.05, 0) is 24.6 Å². The second-order valence-corrected chi connectivity index (χ2v) is 9.32. The lowest BCUT2D eigenvalue weighted by Crippen LogP contribution is -2.61. The number of alkyl halides is 27. The molecule has 1 N–H and O–H groups in total. The summed E-state index contributed by atoms with van der Waals surface area (Å²) in [5, 5.41) is 9.48. The topological polar surface area (TPSA) is 20.2 Å². The van der Waals surface area contributed by atoms with E-state index in [-0.39, 0.29) is 0 Å². The van der Waals surface area contributed by atoms with Crippen LogP contribution in [-0.4, -0.2) is 59.2 Å². The second-order valence-electron chi connectivity index (χ2n) is 9.32. The van der Waals surface area contributed by atoms with Crippen molar-refractivity contribution in [1.82, 2.24) is 0 Å². The molecular formula is C20H7F27O. The first-order valence-corrected chi connectivity index (χ1v) is 10.9. The molecule has 1 aromatic carbocycles. The van der Waals surface area contributed by atoms with Crippen LogP contribution in [0.3, 0.4) is 0 Å². The van der Waals surface area contributed by atoms with Crippen molar-refractivity contribution in [3.05, 3.63) is 34.4 Å². The van der Waals surface area contributed by atoms with Crippen molar-refractivity contribution in [1.29, 1.82) is 0 Å². The molecule has 1 unspecified atom stereocenters. The van der Waals surface area contributed by atoms with E-state index in [9.17, 15) is 124 Å². The second kappa shape index (κ2) is 11.1. The van der Waals surface area contributed by atoms with Gasteiger partial charge in [-0.25, -0.2) is 0 Å². The van der Waals surface area contributed by atoms with Crippen molar-refractivity contribution in [2.24, 2.45) is 0 Å². The smallest absolute Gasteiger partial charge is 0.389 e. The van der Waals surface area contributed by atoms with E-state index in [2.05, 4.69) is 0 Å². The summed E-state index contributed by atoms with van der Waals surface area (Å²) < 4.78 is 366. The van der Waals surface area contributed by atoms with Gasteiger partial charge >= 0.3 is 71.8 Å². The Hall–Kier alpha value is -2.71. The zero-order chi connectivity index (χ0) is 39.3. The van der Waals surface area contributed by atoms with E-state index in [1.807, 2.05) is 0 Å². The maximum absolute atomic E-state index is 14.8. The van der Waals surface area contributed by atoms with E-state index in [1.54, 1.807) is 0 Å². The van der Waals surface area contributed by atoms with Crippen LogP contribution in [0.25, 0.3) is 0 Å². The number of halogens is 27. The summed E-state index contributed by atoms with van der Waals surface area (Å²) in [4.78, 5) is 0. The molecule has 0 aromatic heterocycles. The molecule has 0 saturated heterocycles. The summed E-state index contributed by atoms with van der Waals surface area (Å²) in [5.41, 5.74) is -16.9. The van der Waals surface area contributed by atoms with Crippen molar-refractivity contribution in [2.75, 3.05) is 0 Å². The lowest BCUT2D eigenvalue weighted by atomic mass is 9.81. The Morgan fingerprint density at radius 2 is 0.583 bits per heavy atom. The third-order valence-electron chi connectivity index (χ3n) is 6.07. The lowest BCUT2D eigenvalue weighted by Gasteiger charge is -2.39. The molecule has 0 saturated carbocycles. The molecular weight excluding hydrogens is 769 g/mol. The highest BCUT2D eigenvalue weighted by Gasteiger charge is 2.86. The summed E-state index contributed by atoms with van der Waals surface area (Å²) >= 11 is 0. The van der Waals surface area contributed by atoms with E-state index < -0.39 is 119 Å². The zero-order valence-electron chi connectivity index (χ0n) is 21.4. The molecule has 1 nitrogen and oxygen atoms in total. The average molecular weight is 776 g/mol. The van der Waals surface area contributed by atoms with Gasteiger partial charge in [0.15, 0.2) is 0 Å². The summed E-state index contributed by atoms with van der Waals surface area (Å²) in [5.74, 6) is -74.2. The van der Waals surface area contributed by atoms with Crippen molar-refractivity contribution in [3.63, 3.8) is 0 Å². The monoisotopic (exact) mass is 776 g/mol. The van der Waals surface area contributed by atoms with Gasteiger partial charge in [0.05, 0.1) is 6.10 Å². The van der Waals surface area contributed by atoms with E-state index in [4.69, 9.17) is 0 Å². The first kappa shape index (κ1) is 43.3. The largest absolute Gasteiger partial charge is 0.460 e. The van der Waals surface area contributed by atoms with Gasteiger partial charge in [-0.2, -0.15) is 119 Å². The molecule has 0 aliphatic carbocycles. The summed E-state index contributed by atoms with van der Waals surface area (Å²) in [6, 6.07) is -4.61. The van der Waals surface area contributed by atoms with Crippen LogP contribution >= 0.6 is 0 Å². The molecule has 1 atom stereocenters. The van der Waals surface area contributed by atoms with Crippen molar-refractivity contribution in [3.8, 4) is 0 Å². The number of hydrogen-bond acceptors (Lipinski definition) is 1. The quantitative estimate of drug-likeness (QED) is 0.235. The fourth-order valence-corrected chi connectivity index (χ4v) is 3.45. The number of rotatable bonds is 10. The van der Waals surface area contributed by atoms with Crippen molar-refractivity contribution >= 4 is 0 Å². The summed E-state index contributed by atoms with van der Waals surface area (Å²) in [6.07, 6.45) is -27.9. The first-order valence-electron chi connectivity index (χ1n) is 10.9. The van der Waals surface area contributed by atoms with Crippen LogP contribution in [0.4, 0.5) is 119 Å². The van der Waals surface area contributed by atoms with Crippen LogP contribution < -0.4 is 0 Å². The molecule has 1 rings (SSSR count). The lowest BCUT2D eigenvalue weighted by molar-refractivity contribution is -0.402. The molecule has 0 amide bonds. The van der Waals surface area contributed by atoms with E-state index in [1.165, 1.54) is 0 Å². The number of benzene rings is 1. The molecule has 28 heteroatoms. The molecule has 0 aliphatic rings. The molecule has 0 spiro atoms. The number of aliphatic hydroxyl groups excluding tert-OH is 1. The fourth-order valence-electron chi connectivity index (χ4n) is 3.45. The first-order chi connectivity index (χ1) is 20.4. The van der Waals surface area contributed by atoms with E-state index in [0.717, 1.165) is 0 Å². The molecule has 282 valence electrons. The van der Waals surface area contributed by atoms with Gasteiger partial charge in [0.1, 0.15) is 0 Å². The molecule has 0 bridgehead atoms. The van der Waals surface area contributed by atoms with Gasteiger partial charge in [0.25, 0.3) is 0 Å². The van der Waals surface area contributed by atoms with Crippen LogP contribution in [0.1, 0.15) is 35.3 Å². The average Bonchev–Trinajstić information content (AvgIpc) is 2.84. The number of aliphatic hydroxyl groups is 1. The Morgan fingerprint density at radius 1 is 0.375 bits per heavy atom. The maximum Gasteiger partial charge on any atom is 0.460 e. The maximum atomic E-state index is 14.8. The third kappa shape index (κ3) is 5.73. The van der Waals surface area contributed by atoms with Gasteiger partial charge in [-0.15, -0.1) is 0 Å². The normalized spacial score (nSPS) is 16.8. The fraction of sp³-hybridized carbons (Fsp3) is 0.700. The minimum Gasteiger partial charge on any atom is -0.389 e. The predicted octanol–water partition coefficient (Wildman–Crippen LogP) is 10.5. The SMILES string of the molecule is CC(O)c1c(C(F)(F)C(F)(F)C(F)(F)C(F)(F)F)cc(C(F)(F)C(F)(F)C(F)(F)C(F)(F)F)cc1C(F)(F)C(F)(F)C(F)(F)C(F)(F)F. The molecule has 48 heavy (non-hydrogen) atoms. The van der Waals surface area contributed by atoms with Crippen molar-refractivity contribution < 1.29 is 124 Å². The Balaban J connectivity index is 4.77. The molecule has 0 heterocycles. The highest BCUT2D eigenvalue weighted by molar-refractivity contribution is 5.49. The standard InChI is InChI=1S/C20H7F27O/c1-4(48)8-6(10(23,24)13(29,30)16(35,36)19(42,43)44)2-5(9(21,22)12(27,28)15(33,34)18(39,40)41)3-7(8)11(25,26)14(31,32)17(37,38)20(45,46)47/h2-4,48H,1H3. The van der Waals surface area contributed by atoms with Crippen LogP contribution in [0.5, 0.6) is 0 Å². The van der Waals surface area contributed by atoms with Crippen LogP contribution in [-0.2, 0) is 17.8 Å². The minimum absolute atomic E-state index is 0.571. The summed E-state index contributed by atoms with van der Waals surface area (Å²) in [6.45, 7) is -0.571. The predicted molar refractivity (Wildman–Crippen MR) is 96.6 cm³/mol. The highest BCUT2D eigenvalue weighted by Crippen LogP contribution is 2.63. The molecule has 0 aliphatic heterocycles. The molecule has 1 aromatic rings.